The van der Waals surface area contributed by atoms with Gasteiger partial charge in [0.25, 0.3) is 0 Å². The highest BCUT2D eigenvalue weighted by atomic mass is 16.7. The lowest BCUT2D eigenvalue weighted by Crippen LogP contribution is -2.48. The second kappa shape index (κ2) is 9.03. The number of aryl methyl sites for hydroxylation is 2. The summed E-state index contributed by atoms with van der Waals surface area (Å²) < 4.78 is 16.7. The number of rotatable bonds is 7. The fraction of sp³-hybridized carbons (Fsp3) is 0.478. The van der Waals surface area contributed by atoms with Gasteiger partial charge in [0.1, 0.15) is 18.5 Å². The van der Waals surface area contributed by atoms with E-state index >= 15 is 0 Å². The molecule has 6 heteroatoms. The fourth-order valence-corrected chi connectivity index (χ4v) is 3.93. The van der Waals surface area contributed by atoms with E-state index in [1.807, 2.05) is 25.1 Å². The van der Waals surface area contributed by atoms with E-state index in [0.29, 0.717) is 19.9 Å². The van der Waals surface area contributed by atoms with E-state index in [9.17, 15) is 5.11 Å². The number of hydrogen-bond donors (Lipinski definition) is 1. The molecule has 0 radical (unpaired) electrons. The summed E-state index contributed by atoms with van der Waals surface area (Å²) in [7, 11) is 0. The summed E-state index contributed by atoms with van der Waals surface area (Å²) in [6.45, 7) is 10.2. The molecular weight excluding hydrogens is 368 g/mol. The molecule has 6 nitrogen and oxygen atoms in total. The Balaban J connectivity index is 1.19. The summed E-state index contributed by atoms with van der Waals surface area (Å²) >= 11 is 0. The van der Waals surface area contributed by atoms with Crippen molar-refractivity contribution in [2.45, 2.75) is 26.5 Å². The standard InChI is InChI=1S/C23H30N2O4/c1-17-3-5-21(18(2)11-17)27-15-20(26)14-25-9-7-24(8-10-25)13-19-4-6-22-23(12-19)29-16-28-22/h3-6,11-12,20,26H,7-10,13-16H2,1-2H3/t20-/m1/s1. The molecule has 2 heterocycles. The van der Waals surface area contributed by atoms with Crippen LogP contribution in [0.2, 0.25) is 0 Å². The first kappa shape index (κ1) is 20.0. The average Bonchev–Trinajstić information content (AvgIpc) is 3.17. The Labute approximate surface area is 172 Å². The Bertz CT molecular complexity index is 834. The first-order chi connectivity index (χ1) is 14.1. The van der Waals surface area contributed by atoms with E-state index in [1.54, 1.807) is 0 Å². The number of aliphatic hydroxyl groups excluding tert-OH is 1. The van der Waals surface area contributed by atoms with Gasteiger partial charge in [0.15, 0.2) is 11.5 Å². The number of piperazine rings is 1. The van der Waals surface area contributed by atoms with Crippen LogP contribution in [0, 0.1) is 13.8 Å². The van der Waals surface area contributed by atoms with Crippen LogP contribution in [-0.2, 0) is 6.54 Å². The van der Waals surface area contributed by atoms with E-state index < -0.39 is 6.10 Å². The van der Waals surface area contributed by atoms with Gasteiger partial charge in [0.2, 0.25) is 6.79 Å². The van der Waals surface area contributed by atoms with Crippen LogP contribution in [0.15, 0.2) is 36.4 Å². The molecule has 2 aliphatic rings. The first-order valence-corrected chi connectivity index (χ1v) is 10.3. The zero-order chi connectivity index (χ0) is 20.2. The third-order valence-corrected chi connectivity index (χ3v) is 5.54. The van der Waals surface area contributed by atoms with E-state index in [-0.39, 0.29) is 0 Å². The zero-order valence-corrected chi connectivity index (χ0v) is 17.3. The number of β-amino-alcohol motifs (C(OH)–C–C–N with tert-alkyl or cyclic N) is 1. The first-order valence-electron chi connectivity index (χ1n) is 10.3. The van der Waals surface area contributed by atoms with Gasteiger partial charge in [-0.25, -0.2) is 0 Å². The quantitative estimate of drug-likeness (QED) is 0.774. The second-order valence-electron chi connectivity index (χ2n) is 8.00. The molecule has 2 aromatic carbocycles. The maximum absolute atomic E-state index is 10.4. The molecule has 1 saturated heterocycles. The maximum Gasteiger partial charge on any atom is 0.231 e. The van der Waals surface area contributed by atoms with Gasteiger partial charge in [0, 0.05) is 39.3 Å². The minimum Gasteiger partial charge on any atom is -0.491 e. The van der Waals surface area contributed by atoms with Crippen LogP contribution >= 0.6 is 0 Å². The third kappa shape index (κ3) is 5.21. The third-order valence-electron chi connectivity index (χ3n) is 5.54. The number of hydrogen-bond acceptors (Lipinski definition) is 6. The van der Waals surface area contributed by atoms with Crippen molar-refractivity contribution in [1.29, 1.82) is 0 Å². The van der Waals surface area contributed by atoms with Crippen molar-refractivity contribution in [3.8, 4) is 17.2 Å². The molecule has 0 amide bonds. The van der Waals surface area contributed by atoms with Crippen molar-refractivity contribution >= 4 is 0 Å². The van der Waals surface area contributed by atoms with Gasteiger partial charge < -0.3 is 19.3 Å². The molecular formula is C23H30N2O4. The van der Waals surface area contributed by atoms with Crippen LogP contribution < -0.4 is 14.2 Å². The molecule has 2 aliphatic heterocycles. The lowest BCUT2D eigenvalue weighted by molar-refractivity contribution is 0.0445. The van der Waals surface area contributed by atoms with Crippen molar-refractivity contribution in [2.24, 2.45) is 0 Å². The SMILES string of the molecule is Cc1ccc(OC[C@H](O)CN2CCN(Cc3ccc4c(c3)OCO4)CC2)c(C)c1. The number of ether oxygens (including phenoxy) is 3. The highest BCUT2D eigenvalue weighted by Gasteiger charge is 2.21. The summed E-state index contributed by atoms with van der Waals surface area (Å²) in [5.74, 6) is 2.52. The van der Waals surface area contributed by atoms with Gasteiger partial charge >= 0.3 is 0 Å². The van der Waals surface area contributed by atoms with Crippen LogP contribution in [0.4, 0.5) is 0 Å². The lowest BCUT2D eigenvalue weighted by atomic mass is 10.1. The van der Waals surface area contributed by atoms with Crippen LogP contribution in [0.1, 0.15) is 16.7 Å². The van der Waals surface area contributed by atoms with Crippen molar-refractivity contribution in [1.82, 2.24) is 9.80 Å². The fourth-order valence-electron chi connectivity index (χ4n) is 3.93. The zero-order valence-electron chi connectivity index (χ0n) is 17.3. The molecule has 0 saturated carbocycles. The molecule has 1 N–H and O–H groups in total. The summed E-state index contributed by atoms with van der Waals surface area (Å²) in [5.41, 5.74) is 3.56. The van der Waals surface area contributed by atoms with Gasteiger partial charge in [-0.1, -0.05) is 23.8 Å². The summed E-state index contributed by atoms with van der Waals surface area (Å²) in [6, 6.07) is 12.3. The Hall–Kier alpha value is -2.28. The topological polar surface area (TPSA) is 54.4 Å². The van der Waals surface area contributed by atoms with Gasteiger partial charge in [0.05, 0.1) is 0 Å². The van der Waals surface area contributed by atoms with Crippen molar-refractivity contribution in [3.63, 3.8) is 0 Å². The molecule has 156 valence electrons. The minimum absolute atomic E-state index is 0.312. The largest absolute Gasteiger partial charge is 0.491 e. The average molecular weight is 399 g/mol. The van der Waals surface area contributed by atoms with Crippen LogP contribution in [0.5, 0.6) is 17.2 Å². The van der Waals surface area contributed by atoms with E-state index in [2.05, 4.69) is 34.9 Å². The monoisotopic (exact) mass is 398 g/mol. The van der Waals surface area contributed by atoms with E-state index in [4.69, 9.17) is 14.2 Å². The van der Waals surface area contributed by atoms with Crippen molar-refractivity contribution < 1.29 is 19.3 Å². The maximum atomic E-state index is 10.4. The number of fused-ring (bicyclic) bond motifs is 1. The predicted octanol–water partition coefficient (Wildman–Crippen LogP) is 2.59. The highest BCUT2D eigenvalue weighted by Crippen LogP contribution is 2.32. The Morgan fingerprint density at radius 2 is 1.72 bits per heavy atom. The summed E-state index contributed by atoms with van der Waals surface area (Å²) in [4.78, 5) is 4.75. The predicted molar refractivity (Wildman–Crippen MR) is 112 cm³/mol. The molecule has 4 rings (SSSR count). The van der Waals surface area contributed by atoms with Crippen molar-refractivity contribution in [2.75, 3.05) is 46.1 Å². The number of nitrogens with zero attached hydrogens (tertiary/aromatic N) is 2. The van der Waals surface area contributed by atoms with Crippen molar-refractivity contribution in [3.05, 3.63) is 53.1 Å². The molecule has 0 spiro atoms. The summed E-state index contributed by atoms with van der Waals surface area (Å²) in [5, 5.41) is 10.4. The highest BCUT2D eigenvalue weighted by molar-refractivity contribution is 5.44. The Morgan fingerprint density at radius 3 is 2.52 bits per heavy atom. The summed E-state index contributed by atoms with van der Waals surface area (Å²) in [6.07, 6.45) is -0.490. The second-order valence-corrected chi connectivity index (χ2v) is 8.00. The van der Waals surface area contributed by atoms with E-state index in [1.165, 1.54) is 11.1 Å². The molecule has 29 heavy (non-hydrogen) atoms. The molecule has 0 bridgehead atoms. The Kier molecular flexibility index (Phi) is 6.23. The number of benzene rings is 2. The van der Waals surface area contributed by atoms with E-state index in [0.717, 1.165) is 55.5 Å². The Morgan fingerprint density at radius 1 is 0.966 bits per heavy atom. The molecule has 1 atom stereocenters. The van der Waals surface area contributed by atoms with Gasteiger partial charge in [-0.2, -0.15) is 0 Å². The number of aliphatic hydroxyl groups is 1. The van der Waals surface area contributed by atoms with Crippen LogP contribution in [-0.4, -0.2) is 67.1 Å². The molecule has 1 fully saturated rings. The van der Waals surface area contributed by atoms with Gasteiger partial charge in [-0.15, -0.1) is 0 Å². The molecule has 0 aliphatic carbocycles. The molecule has 0 aromatic heterocycles. The minimum atomic E-state index is -0.490. The van der Waals surface area contributed by atoms with Crippen LogP contribution in [0.3, 0.4) is 0 Å². The van der Waals surface area contributed by atoms with Gasteiger partial charge in [-0.3, -0.25) is 9.80 Å². The van der Waals surface area contributed by atoms with Crippen LogP contribution in [0.25, 0.3) is 0 Å². The normalized spacial score (nSPS) is 18.0. The molecule has 2 aromatic rings. The smallest absolute Gasteiger partial charge is 0.231 e. The molecule has 0 unspecified atom stereocenters. The van der Waals surface area contributed by atoms with Gasteiger partial charge in [-0.05, 0) is 43.2 Å². The lowest BCUT2D eigenvalue weighted by Gasteiger charge is -2.35.